The van der Waals surface area contributed by atoms with Gasteiger partial charge >= 0.3 is 6.09 Å². The second kappa shape index (κ2) is 10.1. The smallest absolute Gasteiger partial charge is 0.410 e. The van der Waals surface area contributed by atoms with Crippen LogP contribution >= 0.6 is 0 Å². The molecule has 2 aliphatic rings. The molecule has 0 atom stereocenters. The Bertz CT molecular complexity index is 1050. The quantitative estimate of drug-likeness (QED) is 0.668. The molecule has 0 aliphatic carbocycles. The number of hydrogen-bond donors (Lipinski definition) is 1. The molecule has 0 saturated carbocycles. The first-order valence-electron chi connectivity index (χ1n) is 12.4. The number of hydrogen-bond acceptors (Lipinski definition) is 6. The van der Waals surface area contributed by atoms with Crippen LogP contribution in [0.15, 0.2) is 36.5 Å². The molecule has 0 spiro atoms. The molecule has 1 aromatic heterocycles. The highest BCUT2D eigenvalue weighted by Crippen LogP contribution is 2.34. The van der Waals surface area contributed by atoms with Crippen LogP contribution in [-0.2, 0) is 11.2 Å². The molecule has 2 aromatic rings. The van der Waals surface area contributed by atoms with E-state index in [9.17, 15) is 9.59 Å². The van der Waals surface area contributed by atoms with E-state index in [0.29, 0.717) is 18.7 Å². The third kappa shape index (κ3) is 6.24. The maximum absolute atomic E-state index is 12.3. The fourth-order valence-electron chi connectivity index (χ4n) is 4.40. The van der Waals surface area contributed by atoms with Gasteiger partial charge in [0.15, 0.2) is 0 Å². The van der Waals surface area contributed by atoms with Crippen molar-refractivity contribution in [2.45, 2.75) is 71.6 Å². The van der Waals surface area contributed by atoms with Crippen molar-refractivity contribution >= 4 is 23.5 Å². The maximum Gasteiger partial charge on any atom is 0.410 e. The second-order valence-corrected chi connectivity index (χ2v) is 10.5. The topological polar surface area (TPSA) is 84.0 Å². The van der Waals surface area contributed by atoms with E-state index in [-0.39, 0.29) is 24.1 Å². The van der Waals surface area contributed by atoms with Gasteiger partial charge in [-0.3, -0.25) is 4.79 Å². The second-order valence-electron chi connectivity index (χ2n) is 10.5. The number of nitrogens with one attached hydrogen (secondary N) is 1. The number of piperidine rings is 1. The zero-order valence-electron chi connectivity index (χ0n) is 21.3. The standard InChI is InChI=1S/C27H36N4O4/c1-18(2)29-25(32)20-6-8-23-19(16-20)10-15-31(23)24-9-7-22(17-28-24)34-21-11-13-30(14-12-21)26(33)35-27(3,4)5/h6-9,16-18,21H,10-15H2,1-5H3,(H,29,32). The van der Waals surface area contributed by atoms with Gasteiger partial charge in [-0.05, 0) is 76.9 Å². The Morgan fingerprint density at radius 1 is 1.09 bits per heavy atom. The zero-order valence-corrected chi connectivity index (χ0v) is 21.3. The first kappa shape index (κ1) is 24.8. The molecule has 8 nitrogen and oxygen atoms in total. The molecule has 1 aromatic carbocycles. The summed E-state index contributed by atoms with van der Waals surface area (Å²) in [7, 11) is 0. The van der Waals surface area contributed by atoms with E-state index >= 15 is 0 Å². The van der Waals surface area contributed by atoms with Crippen molar-refractivity contribution in [2.24, 2.45) is 0 Å². The van der Waals surface area contributed by atoms with Crippen LogP contribution in [0.5, 0.6) is 5.75 Å². The van der Waals surface area contributed by atoms with Crippen LogP contribution in [0.2, 0.25) is 0 Å². The number of amides is 2. The minimum Gasteiger partial charge on any atom is -0.489 e. The molecule has 0 bridgehead atoms. The number of benzene rings is 1. The summed E-state index contributed by atoms with van der Waals surface area (Å²) < 4.78 is 11.6. The predicted octanol–water partition coefficient (Wildman–Crippen LogP) is 4.69. The van der Waals surface area contributed by atoms with Crippen LogP contribution < -0.4 is 15.0 Å². The molecule has 1 N–H and O–H groups in total. The van der Waals surface area contributed by atoms with Crippen molar-refractivity contribution in [2.75, 3.05) is 24.5 Å². The predicted molar refractivity (Wildman–Crippen MR) is 135 cm³/mol. The van der Waals surface area contributed by atoms with E-state index in [1.54, 1.807) is 11.1 Å². The first-order chi connectivity index (χ1) is 16.6. The summed E-state index contributed by atoms with van der Waals surface area (Å²) >= 11 is 0. The molecule has 0 radical (unpaired) electrons. The molecule has 4 rings (SSSR count). The molecule has 1 fully saturated rings. The van der Waals surface area contributed by atoms with Crippen LogP contribution in [-0.4, -0.2) is 59.3 Å². The number of nitrogens with zero attached hydrogens (tertiary/aromatic N) is 3. The SMILES string of the molecule is CC(C)NC(=O)c1ccc2c(c1)CCN2c1ccc(OC2CCN(C(=O)OC(C)(C)C)CC2)cn1. The van der Waals surface area contributed by atoms with E-state index in [1.807, 2.05) is 65.0 Å². The van der Waals surface area contributed by atoms with Gasteiger partial charge in [0.1, 0.15) is 23.3 Å². The van der Waals surface area contributed by atoms with Gasteiger partial charge in [-0.1, -0.05) is 0 Å². The lowest BCUT2D eigenvalue weighted by molar-refractivity contribution is 0.0126. The van der Waals surface area contributed by atoms with Gasteiger partial charge in [0.25, 0.3) is 5.91 Å². The summed E-state index contributed by atoms with van der Waals surface area (Å²) in [6, 6.07) is 9.88. The monoisotopic (exact) mass is 480 g/mol. The summed E-state index contributed by atoms with van der Waals surface area (Å²) in [6.45, 7) is 11.6. The van der Waals surface area contributed by atoms with Gasteiger partial charge in [-0.15, -0.1) is 0 Å². The van der Waals surface area contributed by atoms with Gasteiger partial charge in [0.2, 0.25) is 0 Å². The number of fused-ring (bicyclic) bond motifs is 1. The van der Waals surface area contributed by atoms with Crippen LogP contribution in [0.4, 0.5) is 16.3 Å². The largest absolute Gasteiger partial charge is 0.489 e. The third-order valence-electron chi connectivity index (χ3n) is 6.05. The molecule has 188 valence electrons. The fourth-order valence-corrected chi connectivity index (χ4v) is 4.40. The fraction of sp³-hybridized carbons (Fsp3) is 0.519. The molecule has 2 amide bonds. The number of carbonyl (C=O) groups is 2. The lowest BCUT2D eigenvalue weighted by atomic mass is 10.1. The average Bonchev–Trinajstić information content (AvgIpc) is 3.22. The average molecular weight is 481 g/mol. The van der Waals surface area contributed by atoms with Gasteiger partial charge in [0.05, 0.1) is 6.20 Å². The Morgan fingerprint density at radius 2 is 1.83 bits per heavy atom. The number of likely N-dealkylation sites (tertiary alicyclic amines) is 1. The Kier molecular flexibility index (Phi) is 7.19. The van der Waals surface area contributed by atoms with Crippen molar-refractivity contribution in [1.82, 2.24) is 15.2 Å². The van der Waals surface area contributed by atoms with E-state index in [1.165, 1.54) is 0 Å². The van der Waals surface area contributed by atoms with Gasteiger partial charge < -0.3 is 24.6 Å². The summed E-state index contributed by atoms with van der Waals surface area (Å²) in [6.07, 6.45) is 3.93. The molecular weight excluding hydrogens is 444 g/mol. The third-order valence-corrected chi connectivity index (χ3v) is 6.05. The molecule has 3 heterocycles. The highest BCUT2D eigenvalue weighted by molar-refractivity contribution is 5.95. The Balaban J connectivity index is 1.33. The van der Waals surface area contributed by atoms with Gasteiger partial charge in [-0.2, -0.15) is 0 Å². The number of pyridine rings is 1. The molecule has 35 heavy (non-hydrogen) atoms. The Hall–Kier alpha value is -3.29. The van der Waals surface area contributed by atoms with Crippen LogP contribution in [0.3, 0.4) is 0 Å². The normalized spacial score (nSPS) is 16.3. The molecule has 2 aliphatic heterocycles. The molecular formula is C27H36N4O4. The van der Waals surface area contributed by atoms with Crippen molar-refractivity contribution in [1.29, 1.82) is 0 Å². The van der Waals surface area contributed by atoms with E-state index < -0.39 is 5.60 Å². The number of anilines is 2. The molecule has 0 unspecified atom stereocenters. The summed E-state index contributed by atoms with van der Waals surface area (Å²) in [5, 5.41) is 2.95. The van der Waals surface area contributed by atoms with Crippen molar-refractivity contribution in [3.63, 3.8) is 0 Å². The Labute approximate surface area is 207 Å². The zero-order chi connectivity index (χ0) is 25.2. The summed E-state index contributed by atoms with van der Waals surface area (Å²) in [4.78, 5) is 33.1. The van der Waals surface area contributed by atoms with Crippen LogP contribution in [0.25, 0.3) is 0 Å². The van der Waals surface area contributed by atoms with Crippen LogP contribution in [0, 0.1) is 0 Å². The van der Waals surface area contributed by atoms with Gasteiger partial charge in [0, 0.05) is 49.8 Å². The van der Waals surface area contributed by atoms with Crippen LogP contribution in [0.1, 0.15) is 63.4 Å². The van der Waals surface area contributed by atoms with E-state index in [4.69, 9.17) is 9.47 Å². The minimum atomic E-state index is -0.488. The lowest BCUT2D eigenvalue weighted by Gasteiger charge is -2.33. The number of rotatable bonds is 5. The number of ether oxygens (including phenoxy) is 2. The van der Waals surface area contributed by atoms with Crippen molar-refractivity contribution in [3.05, 3.63) is 47.7 Å². The summed E-state index contributed by atoms with van der Waals surface area (Å²) in [5.74, 6) is 1.54. The van der Waals surface area contributed by atoms with Crippen molar-refractivity contribution < 1.29 is 19.1 Å². The van der Waals surface area contributed by atoms with E-state index in [2.05, 4.69) is 15.2 Å². The Morgan fingerprint density at radius 3 is 2.46 bits per heavy atom. The van der Waals surface area contributed by atoms with Crippen molar-refractivity contribution in [3.8, 4) is 5.75 Å². The first-order valence-corrected chi connectivity index (χ1v) is 12.4. The highest BCUT2D eigenvalue weighted by atomic mass is 16.6. The minimum absolute atomic E-state index is 0.0437. The van der Waals surface area contributed by atoms with Gasteiger partial charge in [-0.25, -0.2) is 9.78 Å². The number of aromatic nitrogens is 1. The maximum atomic E-state index is 12.3. The summed E-state index contributed by atoms with van der Waals surface area (Å²) in [5.41, 5.74) is 2.44. The highest BCUT2D eigenvalue weighted by Gasteiger charge is 2.28. The lowest BCUT2D eigenvalue weighted by Crippen LogP contribution is -2.44. The molecule has 8 heteroatoms. The van der Waals surface area contributed by atoms with E-state index in [0.717, 1.165) is 48.6 Å². The number of carbonyl (C=O) groups excluding carboxylic acids is 2. The molecule has 1 saturated heterocycles.